The molecular formula is C19H18N4O2. The monoisotopic (exact) mass is 334 g/mol. The molecule has 0 unspecified atom stereocenters. The number of nitrogens with one attached hydrogen (secondary N) is 2. The van der Waals surface area contributed by atoms with Gasteiger partial charge in [0.25, 0.3) is 5.91 Å². The van der Waals surface area contributed by atoms with Gasteiger partial charge in [-0.25, -0.2) is 5.43 Å². The fourth-order valence-corrected chi connectivity index (χ4v) is 2.15. The summed E-state index contributed by atoms with van der Waals surface area (Å²) in [5.41, 5.74) is 5.20. The summed E-state index contributed by atoms with van der Waals surface area (Å²) >= 11 is 0. The second-order valence-corrected chi connectivity index (χ2v) is 5.54. The van der Waals surface area contributed by atoms with Crippen molar-refractivity contribution in [1.29, 1.82) is 5.26 Å². The third-order valence-corrected chi connectivity index (χ3v) is 3.37. The molecule has 2 aromatic rings. The number of nitriles is 1. The number of para-hydroxylation sites is 1. The third kappa shape index (κ3) is 5.29. The Kier molecular flexibility index (Phi) is 6.02. The first kappa shape index (κ1) is 17.9. The fourth-order valence-electron chi connectivity index (χ4n) is 2.15. The van der Waals surface area contributed by atoms with Gasteiger partial charge in [-0.3, -0.25) is 9.59 Å². The molecule has 0 aliphatic rings. The number of nitrogens with zero attached hydrogens (tertiary/aromatic N) is 2. The van der Waals surface area contributed by atoms with Crippen LogP contribution in [0.25, 0.3) is 0 Å². The maximum absolute atomic E-state index is 12.0. The van der Waals surface area contributed by atoms with Crippen LogP contribution in [-0.4, -0.2) is 17.5 Å². The number of hydrogen-bond acceptors (Lipinski definition) is 4. The molecule has 0 fully saturated rings. The van der Waals surface area contributed by atoms with Crippen molar-refractivity contribution >= 4 is 23.2 Å². The van der Waals surface area contributed by atoms with Crippen molar-refractivity contribution in [2.24, 2.45) is 5.10 Å². The lowest BCUT2D eigenvalue weighted by Gasteiger charge is -2.07. The van der Waals surface area contributed by atoms with Crippen LogP contribution >= 0.6 is 0 Å². The van der Waals surface area contributed by atoms with Gasteiger partial charge < -0.3 is 5.32 Å². The van der Waals surface area contributed by atoms with Crippen LogP contribution in [0.15, 0.2) is 53.6 Å². The molecule has 0 saturated heterocycles. The third-order valence-electron chi connectivity index (χ3n) is 3.37. The van der Waals surface area contributed by atoms with Gasteiger partial charge in [-0.15, -0.1) is 0 Å². The maximum atomic E-state index is 12.0. The Balaban J connectivity index is 1.93. The summed E-state index contributed by atoms with van der Waals surface area (Å²) in [6.07, 6.45) is 0.00780. The molecule has 2 N–H and O–H groups in total. The van der Waals surface area contributed by atoms with Crippen molar-refractivity contribution < 1.29 is 9.59 Å². The summed E-state index contributed by atoms with van der Waals surface area (Å²) in [4.78, 5) is 24.0. The van der Waals surface area contributed by atoms with Crippen LogP contribution in [-0.2, 0) is 4.79 Å². The van der Waals surface area contributed by atoms with Crippen LogP contribution in [0.3, 0.4) is 0 Å². The fraction of sp³-hybridized carbons (Fsp3) is 0.158. The van der Waals surface area contributed by atoms with Crippen molar-refractivity contribution in [3.05, 3.63) is 65.2 Å². The van der Waals surface area contributed by atoms with E-state index in [0.717, 1.165) is 5.56 Å². The van der Waals surface area contributed by atoms with Crippen LogP contribution in [0.4, 0.5) is 5.69 Å². The quantitative estimate of drug-likeness (QED) is 0.650. The molecule has 126 valence electrons. The highest BCUT2D eigenvalue weighted by Crippen LogP contribution is 2.13. The summed E-state index contributed by atoms with van der Waals surface area (Å²) in [5, 5.41) is 15.6. The molecule has 2 rings (SSSR count). The van der Waals surface area contributed by atoms with E-state index in [1.165, 1.54) is 0 Å². The van der Waals surface area contributed by atoms with Gasteiger partial charge in [0.05, 0.1) is 17.7 Å². The molecule has 0 radical (unpaired) electrons. The molecule has 0 atom stereocenters. The zero-order valence-electron chi connectivity index (χ0n) is 14.0. The molecular weight excluding hydrogens is 316 g/mol. The number of hydrogen-bond donors (Lipinski definition) is 2. The summed E-state index contributed by atoms with van der Waals surface area (Å²) in [6, 6.07) is 15.9. The van der Waals surface area contributed by atoms with Crippen LogP contribution in [0.1, 0.15) is 34.8 Å². The molecule has 0 bridgehead atoms. The van der Waals surface area contributed by atoms with Crippen LogP contribution in [0.5, 0.6) is 0 Å². The van der Waals surface area contributed by atoms with Gasteiger partial charge in [0.2, 0.25) is 5.91 Å². The topological polar surface area (TPSA) is 94.3 Å². The lowest BCUT2D eigenvalue weighted by molar-refractivity contribution is -0.115. The van der Waals surface area contributed by atoms with Crippen molar-refractivity contribution in [1.82, 2.24) is 5.43 Å². The van der Waals surface area contributed by atoms with E-state index >= 15 is 0 Å². The number of rotatable bonds is 5. The van der Waals surface area contributed by atoms with E-state index in [4.69, 9.17) is 5.26 Å². The minimum Gasteiger partial charge on any atom is -0.325 e. The lowest BCUT2D eigenvalue weighted by Crippen LogP contribution is -2.21. The highest BCUT2D eigenvalue weighted by atomic mass is 16.2. The average Bonchev–Trinajstić information content (AvgIpc) is 2.60. The second-order valence-electron chi connectivity index (χ2n) is 5.54. The Bertz CT molecular complexity index is 866. The second kappa shape index (κ2) is 8.41. The Morgan fingerprint density at radius 2 is 1.92 bits per heavy atom. The van der Waals surface area contributed by atoms with Gasteiger partial charge in [-0.2, -0.15) is 10.4 Å². The molecule has 0 spiro atoms. The Morgan fingerprint density at radius 1 is 1.16 bits per heavy atom. The van der Waals surface area contributed by atoms with Gasteiger partial charge in [0.1, 0.15) is 6.07 Å². The van der Waals surface area contributed by atoms with E-state index in [1.54, 1.807) is 49.4 Å². The van der Waals surface area contributed by atoms with Gasteiger partial charge in [0.15, 0.2) is 0 Å². The molecule has 6 heteroatoms. The first-order valence-corrected chi connectivity index (χ1v) is 7.68. The maximum Gasteiger partial charge on any atom is 0.271 e. The van der Waals surface area contributed by atoms with Crippen LogP contribution in [0, 0.1) is 18.3 Å². The Morgan fingerprint density at radius 3 is 2.64 bits per heavy atom. The molecule has 0 heterocycles. The molecule has 2 aromatic carbocycles. The minimum absolute atomic E-state index is 0.00780. The first-order chi connectivity index (χ1) is 12.0. The molecule has 0 aliphatic carbocycles. The Labute approximate surface area is 146 Å². The zero-order chi connectivity index (χ0) is 18.2. The number of benzene rings is 2. The van der Waals surface area contributed by atoms with Crippen molar-refractivity contribution in [3.63, 3.8) is 0 Å². The largest absolute Gasteiger partial charge is 0.325 e. The van der Waals surface area contributed by atoms with Crippen molar-refractivity contribution in [3.8, 4) is 6.07 Å². The minimum atomic E-state index is -0.335. The molecule has 0 aliphatic heterocycles. The van der Waals surface area contributed by atoms with Crippen LogP contribution < -0.4 is 10.7 Å². The average molecular weight is 334 g/mol. The van der Waals surface area contributed by atoms with E-state index in [1.807, 2.05) is 19.1 Å². The van der Waals surface area contributed by atoms with E-state index in [0.29, 0.717) is 22.5 Å². The number of aryl methyl sites for hydroxylation is 1. The number of anilines is 1. The van der Waals surface area contributed by atoms with Gasteiger partial charge in [-0.1, -0.05) is 29.8 Å². The normalized spacial score (nSPS) is 10.7. The molecule has 6 nitrogen and oxygen atoms in total. The predicted octanol–water partition coefficient (Wildman–Crippen LogP) is 3.00. The summed E-state index contributed by atoms with van der Waals surface area (Å²) in [6.45, 7) is 3.54. The summed E-state index contributed by atoms with van der Waals surface area (Å²) in [7, 11) is 0. The number of amides is 2. The highest BCUT2D eigenvalue weighted by molar-refractivity contribution is 6.06. The van der Waals surface area contributed by atoms with Crippen LogP contribution in [0.2, 0.25) is 0 Å². The standard InChI is InChI=1S/C19H18N4O2/c1-13-6-5-8-15(10-13)19(25)23-22-14(2)11-18(24)21-17-9-4-3-7-16(17)12-20/h3-10H,11H2,1-2H3,(H,21,24)(H,23,25)/b22-14-. The van der Waals surface area contributed by atoms with Gasteiger partial charge in [-0.05, 0) is 38.1 Å². The van der Waals surface area contributed by atoms with E-state index in [-0.39, 0.29) is 18.2 Å². The van der Waals surface area contributed by atoms with Crippen molar-refractivity contribution in [2.45, 2.75) is 20.3 Å². The Hall–Kier alpha value is -3.46. The molecule has 0 aromatic heterocycles. The summed E-state index contributed by atoms with van der Waals surface area (Å²) < 4.78 is 0. The number of carbonyl (C=O) groups excluding carboxylic acids is 2. The molecule has 2 amide bonds. The van der Waals surface area contributed by atoms with E-state index in [9.17, 15) is 9.59 Å². The first-order valence-electron chi connectivity index (χ1n) is 7.68. The highest BCUT2D eigenvalue weighted by Gasteiger charge is 2.09. The van der Waals surface area contributed by atoms with Crippen molar-refractivity contribution in [2.75, 3.05) is 5.32 Å². The predicted molar refractivity (Wildman–Crippen MR) is 96.2 cm³/mol. The van der Waals surface area contributed by atoms with Gasteiger partial charge >= 0.3 is 0 Å². The van der Waals surface area contributed by atoms with Gasteiger partial charge in [0, 0.05) is 11.3 Å². The zero-order valence-corrected chi connectivity index (χ0v) is 14.0. The SMILES string of the molecule is C/C(CC(=O)Nc1ccccc1C#N)=N/NC(=O)c1cccc(C)c1. The lowest BCUT2D eigenvalue weighted by atomic mass is 10.1. The molecule has 25 heavy (non-hydrogen) atoms. The van der Waals surface area contributed by atoms with E-state index < -0.39 is 0 Å². The smallest absolute Gasteiger partial charge is 0.271 e. The number of hydrazone groups is 1. The summed E-state index contributed by atoms with van der Waals surface area (Å²) in [5.74, 6) is -0.646. The number of carbonyl (C=O) groups is 2. The molecule has 0 saturated carbocycles. The van der Waals surface area contributed by atoms with E-state index in [2.05, 4.69) is 15.8 Å².